The first-order valence-corrected chi connectivity index (χ1v) is 4.81. The van der Waals surface area contributed by atoms with E-state index in [0.29, 0.717) is 0 Å². The van der Waals surface area contributed by atoms with Crippen molar-refractivity contribution in [2.45, 2.75) is 39.0 Å². The summed E-state index contributed by atoms with van der Waals surface area (Å²) in [5, 5.41) is 17.8. The minimum Gasteiger partial charge on any atom is -0.396 e. The highest BCUT2D eigenvalue weighted by Gasteiger charge is 2.53. The van der Waals surface area contributed by atoms with E-state index in [2.05, 4.69) is 13.0 Å². The molecule has 2 unspecified atom stereocenters. The lowest BCUT2D eigenvalue weighted by molar-refractivity contribution is 0.257. The summed E-state index contributed by atoms with van der Waals surface area (Å²) < 4.78 is 0. The van der Waals surface area contributed by atoms with Gasteiger partial charge in [0.25, 0.3) is 0 Å². The van der Waals surface area contributed by atoms with E-state index in [0.717, 1.165) is 19.3 Å². The Morgan fingerprint density at radius 1 is 1.58 bits per heavy atom. The highest BCUT2D eigenvalue weighted by molar-refractivity contribution is 5.15. The molecule has 1 fully saturated rings. The molecule has 0 spiro atoms. The SMILES string of the molecule is CCCCCC1(C#N)CC1CO. The van der Waals surface area contributed by atoms with Crippen molar-refractivity contribution in [1.29, 1.82) is 5.26 Å². The molecule has 12 heavy (non-hydrogen) atoms. The van der Waals surface area contributed by atoms with Gasteiger partial charge in [-0.2, -0.15) is 5.26 Å². The van der Waals surface area contributed by atoms with E-state index in [4.69, 9.17) is 10.4 Å². The van der Waals surface area contributed by atoms with Crippen molar-refractivity contribution in [2.24, 2.45) is 11.3 Å². The molecular formula is C10H17NO. The second-order valence-electron chi connectivity index (χ2n) is 3.81. The highest BCUT2D eigenvalue weighted by Crippen LogP contribution is 2.55. The van der Waals surface area contributed by atoms with Gasteiger partial charge in [-0.3, -0.25) is 0 Å². The lowest BCUT2D eigenvalue weighted by atomic mass is 9.97. The molecule has 2 heteroatoms. The lowest BCUT2D eigenvalue weighted by Crippen LogP contribution is -2.03. The number of unbranched alkanes of at least 4 members (excludes halogenated alkanes) is 2. The van der Waals surface area contributed by atoms with Gasteiger partial charge in [0, 0.05) is 12.5 Å². The molecule has 0 aromatic carbocycles. The van der Waals surface area contributed by atoms with Gasteiger partial charge >= 0.3 is 0 Å². The first-order valence-electron chi connectivity index (χ1n) is 4.81. The van der Waals surface area contributed by atoms with Gasteiger partial charge in [-0.05, 0) is 12.8 Å². The van der Waals surface area contributed by atoms with E-state index in [-0.39, 0.29) is 17.9 Å². The third kappa shape index (κ3) is 1.78. The minimum absolute atomic E-state index is 0.135. The standard InChI is InChI=1S/C10H17NO/c1-2-3-4-5-10(8-11)6-9(10)7-12/h9,12H,2-7H2,1H3. The fourth-order valence-corrected chi connectivity index (χ4v) is 1.81. The second kappa shape index (κ2) is 3.91. The predicted molar refractivity (Wildman–Crippen MR) is 47.4 cm³/mol. The van der Waals surface area contributed by atoms with E-state index >= 15 is 0 Å². The number of nitriles is 1. The fraction of sp³-hybridized carbons (Fsp3) is 0.900. The molecule has 1 aliphatic rings. The summed E-state index contributed by atoms with van der Waals surface area (Å²) in [6.07, 6.45) is 5.46. The molecule has 0 amide bonds. The van der Waals surface area contributed by atoms with Crippen molar-refractivity contribution in [1.82, 2.24) is 0 Å². The second-order valence-corrected chi connectivity index (χ2v) is 3.81. The molecule has 0 aromatic heterocycles. The fourth-order valence-electron chi connectivity index (χ4n) is 1.81. The van der Waals surface area contributed by atoms with Gasteiger partial charge in [-0.1, -0.05) is 26.2 Å². The Morgan fingerprint density at radius 3 is 2.75 bits per heavy atom. The Morgan fingerprint density at radius 2 is 2.33 bits per heavy atom. The summed E-state index contributed by atoms with van der Waals surface area (Å²) in [7, 11) is 0. The summed E-state index contributed by atoms with van der Waals surface area (Å²) in [6, 6.07) is 2.35. The van der Waals surface area contributed by atoms with Crippen LogP contribution < -0.4 is 0 Å². The van der Waals surface area contributed by atoms with E-state index in [1.807, 2.05) is 0 Å². The van der Waals surface area contributed by atoms with Crippen molar-refractivity contribution >= 4 is 0 Å². The summed E-state index contributed by atoms with van der Waals surface area (Å²) >= 11 is 0. The summed E-state index contributed by atoms with van der Waals surface area (Å²) in [6.45, 7) is 2.36. The number of hydrogen-bond acceptors (Lipinski definition) is 2. The number of aliphatic hydroxyl groups is 1. The topological polar surface area (TPSA) is 44.0 Å². The van der Waals surface area contributed by atoms with Crippen molar-refractivity contribution in [2.75, 3.05) is 6.61 Å². The Kier molecular flexibility index (Phi) is 3.11. The van der Waals surface area contributed by atoms with Crippen LogP contribution in [0.5, 0.6) is 0 Å². The molecular weight excluding hydrogens is 150 g/mol. The van der Waals surface area contributed by atoms with Crippen LogP contribution in [0.4, 0.5) is 0 Å². The molecule has 2 nitrogen and oxygen atoms in total. The molecule has 0 bridgehead atoms. The number of nitrogens with zero attached hydrogens (tertiary/aromatic N) is 1. The van der Waals surface area contributed by atoms with Crippen LogP contribution in [-0.4, -0.2) is 11.7 Å². The molecule has 1 saturated carbocycles. The Balaban J connectivity index is 2.26. The molecule has 2 atom stereocenters. The van der Waals surface area contributed by atoms with Crippen LogP contribution in [0.1, 0.15) is 39.0 Å². The number of hydrogen-bond donors (Lipinski definition) is 1. The molecule has 0 aliphatic heterocycles. The van der Waals surface area contributed by atoms with Gasteiger partial charge in [0.05, 0.1) is 11.5 Å². The van der Waals surface area contributed by atoms with Gasteiger partial charge in [0.15, 0.2) is 0 Å². The molecule has 0 aromatic rings. The highest BCUT2D eigenvalue weighted by atomic mass is 16.3. The van der Waals surface area contributed by atoms with Crippen LogP contribution >= 0.6 is 0 Å². The van der Waals surface area contributed by atoms with E-state index < -0.39 is 0 Å². The maximum absolute atomic E-state index is 8.90. The molecule has 0 saturated heterocycles. The monoisotopic (exact) mass is 167 g/mol. The molecule has 1 rings (SSSR count). The minimum atomic E-state index is -0.135. The van der Waals surface area contributed by atoms with Gasteiger partial charge in [0.2, 0.25) is 0 Å². The summed E-state index contributed by atoms with van der Waals surface area (Å²) in [5.41, 5.74) is -0.135. The van der Waals surface area contributed by atoms with Gasteiger partial charge in [0.1, 0.15) is 0 Å². The molecule has 0 radical (unpaired) electrons. The Labute approximate surface area is 74.2 Å². The smallest absolute Gasteiger partial charge is 0.0693 e. The quantitative estimate of drug-likeness (QED) is 0.637. The zero-order valence-corrected chi connectivity index (χ0v) is 7.71. The zero-order chi connectivity index (χ0) is 9.03. The average Bonchev–Trinajstić information content (AvgIpc) is 2.80. The van der Waals surface area contributed by atoms with E-state index in [9.17, 15) is 0 Å². The van der Waals surface area contributed by atoms with Crippen molar-refractivity contribution in [3.8, 4) is 6.07 Å². The first-order chi connectivity index (χ1) is 5.79. The normalized spacial score (nSPS) is 32.9. The third-order valence-corrected chi connectivity index (χ3v) is 2.90. The number of rotatable bonds is 5. The van der Waals surface area contributed by atoms with E-state index in [1.54, 1.807) is 0 Å². The van der Waals surface area contributed by atoms with Crippen molar-refractivity contribution < 1.29 is 5.11 Å². The van der Waals surface area contributed by atoms with Gasteiger partial charge < -0.3 is 5.11 Å². The zero-order valence-electron chi connectivity index (χ0n) is 7.71. The van der Waals surface area contributed by atoms with Crippen LogP contribution in [0.25, 0.3) is 0 Å². The lowest BCUT2D eigenvalue weighted by Gasteiger charge is -2.05. The maximum Gasteiger partial charge on any atom is 0.0693 e. The first kappa shape index (κ1) is 9.54. The Hall–Kier alpha value is -0.550. The van der Waals surface area contributed by atoms with E-state index in [1.165, 1.54) is 12.8 Å². The van der Waals surface area contributed by atoms with Crippen LogP contribution in [0.2, 0.25) is 0 Å². The molecule has 68 valence electrons. The summed E-state index contributed by atoms with van der Waals surface area (Å²) in [4.78, 5) is 0. The summed E-state index contributed by atoms with van der Waals surface area (Å²) in [5.74, 6) is 0.277. The van der Waals surface area contributed by atoms with Gasteiger partial charge in [-0.25, -0.2) is 0 Å². The predicted octanol–water partition coefficient (Wildman–Crippen LogP) is 2.09. The number of aliphatic hydroxyl groups excluding tert-OH is 1. The van der Waals surface area contributed by atoms with Crippen LogP contribution in [0, 0.1) is 22.7 Å². The average molecular weight is 167 g/mol. The molecule has 1 N–H and O–H groups in total. The van der Waals surface area contributed by atoms with Crippen LogP contribution in [-0.2, 0) is 0 Å². The largest absolute Gasteiger partial charge is 0.396 e. The molecule has 1 aliphatic carbocycles. The van der Waals surface area contributed by atoms with Crippen LogP contribution in [0.3, 0.4) is 0 Å². The van der Waals surface area contributed by atoms with Crippen LogP contribution in [0.15, 0.2) is 0 Å². The van der Waals surface area contributed by atoms with Gasteiger partial charge in [-0.15, -0.1) is 0 Å². The third-order valence-electron chi connectivity index (χ3n) is 2.90. The Bertz CT molecular complexity index is 185. The maximum atomic E-state index is 8.90. The van der Waals surface area contributed by atoms with Crippen molar-refractivity contribution in [3.05, 3.63) is 0 Å². The van der Waals surface area contributed by atoms with Crippen molar-refractivity contribution in [3.63, 3.8) is 0 Å². The molecule has 0 heterocycles.